The van der Waals surface area contributed by atoms with Gasteiger partial charge in [-0.25, -0.2) is 0 Å². The van der Waals surface area contributed by atoms with Crippen molar-refractivity contribution in [2.24, 2.45) is 17.8 Å². The Morgan fingerprint density at radius 3 is 2.83 bits per heavy atom. The van der Waals surface area contributed by atoms with Gasteiger partial charge in [0.25, 0.3) is 0 Å². The number of carbonyl (C=O) groups is 1. The molecule has 0 radical (unpaired) electrons. The van der Waals surface area contributed by atoms with E-state index in [1.807, 2.05) is 0 Å². The zero-order chi connectivity index (χ0) is 9.14. The lowest BCUT2D eigenvalue weighted by Gasteiger charge is -2.21. The normalized spacial score (nSPS) is 32.0. The number of hydrogen-bond donors (Lipinski definition) is 0. The summed E-state index contributed by atoms with van der Waals surface area (Å²) in [4.78, 5) is 10.3. The minimum atomic E-state index is 0.539. The van der Waals surface area contributed by atoms with Crippen LogP contribution in [0.4, 0.5) is 0 Å². The van der Waals surface area contributed by atoms with Crippen LogP contribution in [-0.2, 0) is 4.79 Å². The Balaban J connectivity index is 2.52. The molecule has 0 spiro atoms. The van der Waals surface area contributed by atoms with Crippen LogP contribution in [0, 0.1) is 17.8 Å². The predicted octanol–water partition coefficient (Wildman–Crippen LogP) is 2.81. The number of aldehydes is 1. The smallest absolute Gasteiger partial charge is 0.120 e. The number of carbonyl (C=O) groups excluding carboxylic acids is 1. The Morgan fingerprint density at radius 1 is 1.75 bits per heavy atom. The van der Waals surface area contributed by atoms with Gasteiger partial charge in [-0.3, -0.25) is 0 Å². The van der Waals surface area contributed by atoms with Crippen LogP contribution in [0.25, 0.3) is 0 Å². The quantitative estimate of drug-likeness (QED) is 0.465. The highest BCUT2D eigenvalue weighted by Gasteiger charge is 2.30. The third-order valence-corrected chi connectivity index (χ3v) is 3.28. The fraction of sp³-hybridized carbons (Fsp3) is 0.727. The molecule has 0 aromatic carbocycles. The molecule has 1 rings (SSSR count). The van der Waals surface area contributed by atoms with Crippen LogP contribution in [0.3, 0.4) is 0 Å². The zero-order valence-electron chi connectivity index (χ0n) is 8.05. The summed E-state index contributed by atoms with van der Waals surface area (Å²) in [5.41, 5.74) is 1.37. The molecule has 0 saturated heterocycles. The molecule has 0 bridgehead atoms. The highest BCUT2D eigenvalue weighted by Crippen LogP contribution is 2.40. The van der Waals surface area contributed by atoms with E-state index in [0.29, 0.717) is 24.2 Å². The highest BCUT2D eigenvalue weighted by molar-refractivity contribution is 5.49. The average Bonchev–Trinajstić information content (AvgIpc) is 2.34. The monoisotopic (exact) mass is 166 g/mol. The van der Waals surface area contributed by atoms with Crippen molar-refractivity contribution in [3.05, 3.63) is 12.2 Å². The molecule has 68 valence electrons. The van der Waals surface area contributed by atoms with Crippen LogP contribution in [0.15, 0.2) is 12.2 Å². The van der Waals surface area contributed by atoms with E-state index in [1.165, 1.54) is 12.0 Å². The molecule has 0 aromatic rings. The van der Waals surface area contributed by atoms with Crippen molar-refractivity contribution in [1.82, 2.24) is 0 Å². The average molecular weight is 166 g/mol. The number of allylic oxidation sites excluding steroid dienone is 1. The van der Waals surface area contributed by atoms with Crippen LogP contribution in [0.2, 0.25) is 0 Å². The molecular formula is C11H18O. The molecule has 1 saturated carbocycles. The molecule has 1 aliphatic rings. The van der Waals surface area contributed by atoms with Gasteiger partial charge in [-0.15, -0.1) is 0 Å². The molecule has 0 aromatic heterocycles. The van der Waals surface area contributed by atoms with Gasteiger partial charge >= 0.3 is 0 Å². The van der Waals surface area contributed by atoms with E-state index in [2.05, 4.69) is 20.4 Å². The van der Waals surface area contributed by atoms with E-state index in [-0.39, 0.29) is 0 Å². The molecule has 0 heterocycles. The summed E-state index contributed by atoms with van der Waals surface area (Å²) >= 11 is 0. The Bertz CT molecular complexity index is 183. The number of hydrogen-bond acceptors (Lipinski definition) is 1. The van der Waals surface area contributed by atoms with Gasteiger partial charge < -0.3 is 4.79 Å². The molecule has 12 heavy (non-hydrogen) atoms. The van der Waals surface area contributed by atoms with E-state index in [9.17, 15) is 4.79 Å². The first-order valence-corrected chi connectivity index (χ1v) is 4.78. The molecule has 1 aliphatic carbocycles. The molecule has 1 nitrogen and oxygen atoms in total. The van der Waals surface area contributed by atoms with Crippen LogP contribution in [0.1, 0.15) is 33.1 Å². The van der Waals surface area contributed by atoms with E-state index in [1.54, 1.807) is 0 Å². The Labute approximate surface area is 74.9 Å². The minimum absolute atomic E-state index is 0.539. The van der Waals surface area contributed by atoms with Crippen molar-refractivity contribution in [2.75, 3.05) is 0 Å². The second kappa shape index (κ2) is 3.88. The lowest BCUT2D eigenvalue weighted by molar-refractivity contribution is -0.108. The zero-order valence-corrected chi connectivity index (χ0v) is 8.05. The largest absolute Gasteiger partial charge is 0.303 e. The fourth-order valence-electron chi connectivity index (χ4n) is 2.24. The molecule has 3 atom stereocenters. The Hall–Kier alpha value is -0.590. The van der Waals surface area contributed by atoms with Gasteiger partial charge in [0, 0.05) is 6.42 Å². The van der Waals surface area contributed by atoms with Crippen LogP contribution >= 0.6 is 0 Å². The van der Waals surface area contributed by atoms with Crippen LogP contribution < -0.4 is 0 Å². The van der Waals surface area contributed by atoms with Crippen molar-refractivity contribution in [3.63, 3.8) is 0 Å². The van der Waals surface area contributed by atoms with E-state index in [0.717, 1.165) is 12.7 Å². The first kappa shape index (κ1) is 9.50. The van der Waals surface area contributed by atoms with Crippen molar-refractivity contribution in [1.29, 1.82) is 0 Å². The van der Waals surface area contributed by atoms with E-state index in [4.69, 9.17) is 0 Å². The lowest BCUT2D eigenvalue weighted by Crippen LogP contribution is -2.15. The van der Waals surface area contributed by atoms with E-state index >= 15 is 0 Å². The maximum absolute atomic E-state index is 10.3. The lowest BCUT2D eigenvalue weighted by atomic mass is 9.84. The third kappa shape index (κ3) is 1.77. The van der Waals surface area contributed by atoms with Crippen molar-refractivity contribution < 1.29 is 4.79 Å². The first-order chi connectivity index (χ1) is 5.66. The van der Waals surface area contributed by atoms with Gasteiger partial charge in [0.2, 0.25) is 0 Å². The van der Waals surface area contributed by atoms with E-state index < -0.39 is 0 Å². The molecule has 0 aliphatic heterocycles. The van der Waals surface area contributed by atoms with Gasteiger partial charge in [-0.1, -0.05) is 26.0 Å². The van der Waals surface area contributed by atoms with Crippen molar-refractivity contribution in [2.45, 2.75) is 33.1 Å². The summed E-state index contributed by atoms with van der Waals surface area (Å²) in [6.07, 6.45) is 4.14. The summed E-state index contributed by atoms with van der Waals surface area (Å²) in [5, 5.41) is 0. The van der Waals surface area contributed by atoms with Crippen molar-refractivity contribution in [3.8, 4) is 0 Å². The maximum atomic E-state index is 10.3. The predicted molar refractivity (Wildman–Crippen MR) is 50.9 cm³/mol. The summed E-state index contributed by atoms with van der Waals surface area (Å²) in [7, 11) is 0. The van der Waals surface area contributed by atoms with Gasteiger partial charge in [0.15, 0.2) is 0 Å². The second-order valence-corrected chi connectivity index (χ2v) is 4.03. The maximum Gasteiger partial charge on any atom is 0.120 e. The molecule has 0 N–H and O–H groups in total. The topological polar surface area (TPSA) is 17.1 Å². The Kier molecular flexibility index (Phi) is 3.07. The molecule has 1 fully saturated rings. The van der Waals surface area contributed by atoms with Crippen LogP contribution in [-0.4, -0.2) is 6.29 Å². The summed E-state index contributed by atoms with van der Waals surface area (Å²) in [5.74, 6) is 1.86. The molecule has 1 heteroatoms. The summed E-state index contributed by atoms with van der Waals surface area (Å²) in [6, 6.07) is 0. The van der Waals surface area contributed by atoms with Gasteiger partial charge in [-0.2, -0.15) is 0 Å². The first-order valence-electron chi connectivity index (χ1n) is 4.78. The second-order valence-electron chi connectivity index (χ2n) is 4.03. The standard InChI is InChI=1S/C11H18O/c1-8-4-5-11(10(8)3)9(2)6-7-12/h7,9-11H,1,4-6H2,2-3H3. The third-order valence-electron chi connectivity index (χ3n) is 3.28. The SMILES string of the molecule is C=C1CCC(C(C)CC=O)C1C. The fourth-order valence-corrected chi connectivity index (χ4v) is 2.24. The van der Waals surface area contributed by atoms with Gasteiger partial charge in [-0.05, 0) is 30.6 Å². The summed E-state index contributed by atoms with van der Waals surface area (Å²) in [6.45, 7) is 8.45. The van der Waals surface area contributed by atoms with Gasteiger partial charge in [0.1, 0.15) is 6.29 Å². The molecular weight excluding hydrogens is 148 g/mol. The van der Waals surface area contributed by atoms with Crippen LogP contribution in [0.5, 0.6) is 0 Å². The number of rotatable bonds is 3. The summed E-state index contributed by atoms with van der Waals surface area (Å²) < 4.78 is 0. The molecule has 3 unspecified atom stereocenters. The highest BCUT2D eigenvalue weighted by atomic mass is 16.1. The van der Waals surface area contributed by atoms with Crippen molar-refractivity contribution >= 4 is 6.29 Å². The Morgan fingerprint density at radius 2 is 2.42 bits per heavy atom. The van der Waals surface area contributed by atoms with Gasteiger partial charge in [0.05, 0.1) is 0 Å². The molecule has 0 amide bonds. The minimum Gasteiger partial charge on any atom is -0.303 e.